The van der Waals surface area contributed by atoms with E-state index in [1.165, 1.54) is 0 Å². The molecule has 1 aliphatic heterocycles. The van der Waals surface area contributed by atoms with Gasteiger partial charge in [0.1, 0.15) is 5.41 Å². The number of nitrogens with zero attached hydrogens (tertiary/aromatic N) is 1. The minimum Gasteiger partial charge on any atom is -0.481 e. The van der Waals surface area contributed by atoms with Crippen LogP contribution >= 0.6 is 0 Å². The zero-order valence-corrected chi connectivity index (χ0v) is 9.18. The number of carboxylic acid groups (broad SMARTS) is 1. The van der Waals surface area contributed by atoms with Crippen LogP contribution in [-0.2, 0) is 10.2 Å². The maximum absolute atomic E-state index is 11.4. The Bertz CT molecular complexity index is 418. The summed E-state index contributed by atoms with van der Waals surface area (Å²) in [5.41, 5.74) is 0.465. The van der Waals surface area contributed by atoms with E-state index in [0.29, 0.717) is 18.5 Å². The van der Waals surface area contributed by atoms with Gasteiger partial charge in [0, 0.05) is 19.3 Å². The van der Waals surface area contributed by atoms with Crippen LogP contribution in [0.3, 0.4) is 0 Å². The summed E-state index contributed by atoms with van der Waals surface area (Å²) in [6.45, 7) is 0.289. The number of aliphatic hydroxyl groups is 1. The topological polar surface area (TPSA) is 60.8 Å². The number of benzene rings is 1. The minimum atomic E-state index is -1.14. The molecule has 1 aromatic rings. The summed E-state index contributed by atoms with van der Waals surface area (Å²) in [6.07, 6.45) is 0.437. The number of carboxylic acids is 1. The summed E-state index contributed by atoms with van der Waals surface area (Å²) in [5.74, 6) is -0.949. The number of anilines is 1. The van der Waals surface area contributed by atoms with Crippen molar-refractivity contribution in [3.05, 3.63) is 29.8 Å². The third-order valence-electron chi connectivity index (χ3n) is 3.38. The van der Waals surface area contributed by atoms with Crippen LogP contribution in [0.2, 0.25) is 0 Å². The number of fused-ring (bicyclic) bond motifs is 1. The Morgan fingerprint density at radius 1 is 1.50 bits per heavy atom. The van der Waals surface area contributed by atoms with Crippen LogP contribution in [0.1, 0.15) is 12.0 Å². The highest BCUT2D eigenvalue weighted by atomic mass is 16.4. The van der Waals surface area contributed by atoms with Crippen molar-refractivity contribution < 1.29 is 15.0 Å². The number of carbonyl (C=O) groups is 1. The molecule has 4 heteroatoms. The van der Waals surface area contributed by atoms with E-state index in [1.807, 2.05) is 30.1 Å². The Morgan fingerprint density at radius 3 is 2.81 bits per heavy atom. The Hall–Kier alpha value is -1.55. The van der Waals surface area contributed by atoms with Crippen LogP contribution in [0.4, 0.5) is 5.69 Å². The average molecular weight is 221 g/mol. The Balaban J connectivity index is 2.60. The number of para-hydroxylation sites is 1. The van der Waals surface area contributed by atoms with Crippen LogP contribution in [0, 0.1) is 0 Å². The molecule has 0 bridgehead atoms. The maximum atomic E-state index is 11.4. The summed E-state index contributed by atoms with van der Waals surface area (Å²) < 4.78 is 0. The second-order valence-corrected chi connectivity index (χ2v) is 4.23. The molecular weight excluding hydrogens is 206 g/mol. The zero-order chi connectivity index (χ0) is 11.8. The summed E-state index contributed by atoms with van der Waals surface area (Å²) >= 11 is 0. The van der Waals surface area contributed by atoms with Crippen LogP contribution in [0.5, 0.6) is 0 Å². The van der Waals surface area contributed by atoms with Gasteiger partial charge in [0.15, 0.2) is 0 Å². The molecule has 0 amide bonds. The molecule has 0 fully saturated rings. The van der Waals surface area contributed by atoms with Gasteiger partial charge in [-0.05, 0) is 18.1 Å². The molecule has 1 aliphatic rings. The first-order valence-electron chi connectivity index (χ1n) is 5.27. The summed E-state index contributed by atoms with van der Waals surface area (Å²) in [7, 11) is 1.93. The third-order valence-corrected chi connectivity index (χ3v) is 3.38. The van der Waals surface area contributed by atoms with Gasteiger partial charge in [0.25, 0.3) is 0 Å². The van der Waals surface area contributed by atoms with Gasteiger partial charge in [0.2, 0.25) is 0 Å². The van der Waals surface area contributed by atoms with Crippen LogP contribution in [0.15, 0.2) is 24.3 Å². The predicted octanol–water partition coefficient (Wildman–Crippen LogP) is 0.841. The Kier molecular flexibility index (Phi) is 2.59. The van der Waals surface area contributed by atoms with E-state index in [9.17, 15) is 15.0 Å². The first-order valence-corrected chi connectivity index (χ1v) is 5.27. The highest BCUT2D eigenvalue weighted by Gasteiger charge is 2.44. The zero-order valence-electron chi connectivity index (χ0n) is 9.18. The van der Waals surface area contributed by atoms with Crippen molar-refractivity contribution in [3.63, 3.8) is 0 Å². The molecular formula is C12H15NO3. The van der Waals surface area contributed by atoms with Crippen LogP contribution in [0.25, 0.3) is 0 Å². The predicted molar refractivity (Wildman–Crippen MR) is 60.7 cm³/mol. The lowest BCUT2D eigenvalue weighted by Crippen LogP contribution is -2.46. The summed E-state index contributed by atoms with van der Waals surface area (Å²) in [5, 5.41) is 18.8. The quantitative estimate of drug-likeness (QED) is 0.777. The molecule has 1 unspecified atom stereocenters. The first-order chi connectivity index (χ1) is 7.62. The van der Waals surface area contributed by atoms with Gasteiger partial charge in [-0.2, -0.15) is 0 Å². The van der Waals surface area contributed by atoms with E-state index in [0.717, 1.165) is 5.69 Å². The highest BCUT2D eigenvalue weighted by molar-refractivity contribution is 5.85. The fourth-order valence-electron chi connectivity index (χ4n) is 2.28. The molecule has 0 aliphatic carbocycles. The Morgan fingerprint density at radius 2 is 2.19 bits per heavy atom. The SMILES string of the molecule is CN1CCC(CO)(C(=O)O)c2ccccc21. The smallest absolute Gasteiger partial charge is 0.316 e. The van der Waals surface area contributed by atoms with Gasteiger partial charge in [-0.15, -0.1) is 0 Å². The molecule has 0 spiro atoms. The molecule has 4 nitrogen and oxygen atoms in total. The molecule has 0 saturated carbocycles. The molecule has 0 aromatic heterocycles. The molecule has 86 valence electrons. The van der Waals surface area contributed by atoms with Crippen LogP contribution < -0.4 is 4.90 Å². The molecule has 2 N–H and O–H groups in total. The van der Waals surface area contributed by atoms with Crippen LogP contribution in [-0.4, -0.2) is 36.4 Å². The van der Waals surface area contributed by atoms with Gasteiger partial charge in [-0.1, -0.05) is 18.2 Å². The van der Waals surface area contributed by atoms with Crippen molar-refractivity contribution in [2.24, 2.45) is 0 Å². The van der Waals surface area contributed by atoms with E-state index in [2.05, 4.69) is 0 Å². The van der Waals surface area contributed by atoms with E-state index in [4.69, 9.17) is 0 Å². The number of aliphatic hydroxyl groups excluding tert-OH is 1. The summed E-state index contributed by atoms with van der Waals surface area (Å²) in [6, 6.07) is 7.37. The lowest BCUT2D eigenvalue weighted by molar-refractivity contribution is -0.146. The largest absolute Gasteiger partial charge is 0.481 e. The van der Waals surface area contributed by atoms with E-state index >= 15 is 0 Å². The molecule has 16 heavy (non-hydrogen) atoms. The molecule has 0 radical (unpaired) electrons. The van der Waals surface area contributed by atoms with Gasteiger partial charge in [0.05, 0.1) is 6.61 Å². The fraction of sp³-hybridized carbons (Fsp3) is 0.417. The minimum absolute atomic E-state index is 0.354. The lowest BCUT2D eigenvalue weighted by atomic mass is 9.75. The van der Waals surface area contributed by atoms with Crippen molar-refractivity contribution in [1.82, 2.24) is 0 Å². The molecule has 1 heterocycles. The fourth-order valence-corrected chi connectivity index (χ4v) is 2.28. The van der Waals surface area contributed by atoms with Crippen molar-refractivity contribution in [1.29, 1.82) is 0 Å². The van der Waals surface area contributed by atoms with Crippen molar-refractivity contribution in [2.45, 2.75) is 11.8 Å². The van der Waals surface area contributed by atoms with E-state index in [1.54, 1.807) is 6.07 Å². The average Bonchev–Trinajstić information content (AvgIpc) is 2.30. The first kappa shape index (κ1) is 11.0. The van der Waals surface area contributed by atoms with Gasteiger partial charge < -0.3 is 15.1 Å². The second-order valence-electron chi connectivity index (χ2n) is 4.23. The molecule has 1 atom stereocenters. The number of aliphatic carboxylic acids is 1. The number of hydrogen-bond donors (Lipinski definition) is 2. The standard InChI is InChI=1S/C12H15NO3/c1-13-7-6-12(8-14,11(15)16)9-4-2-3-5-10(9)13/h2-5,14H,6-8H2,1H3,(H,15,16). The summed E-state index contributed by atoms with van der Waals surface area (Å²) in [4.78, 5) is 13.4. The van der Waals surface area contributed by atoms with Crippen molar-refractivity contribution in [3.8, 4) is 0 Å². The van der Waals surface area contributed by atoms with E-state index < -0.39 is 11.4 Å². The highest BCUT2D eigenvalue weighted by Crippen LogP contribution is 2.39. The molecule has 2 rings (SSSR count). The molecule has 1 aromatic carbocycles. The van der Waals surface area contributed by atoms with E-state index in [-0.39, 0.29) is 6.61 Å². The van der Waals surface area contributed by atoms with Gasteiger partial charge in [-0.3, -0.25) is 4.79 Å². The second kappa shape index (κ2) is 3.79. The van der Waals surface area contributed by atoms with Crippen molar-refractivity contribution >= 4 is 11.7 Å². The number of hydrogen-bond acceptors (Lipinski definition) is 3. The van der Waals surface area contributed by atoms with Gasteiger partial charge in [-0.25, -0.2) is 0 Å². The number of rotatable bonds is 2. The third kappa shape index (κ3) is 1.38. The monoisotopic (exact) mass is 221 g/mol. The maximum Gasteiger partial charge on any atom is 0.316 e. The van der Waals surface area contributed by atoms with Gasteiger partial charge >= 0.3 is 5.97 Å². The molecule has 0 saturated heterocycles. The Labute approximate surface area is 94.1 Å². The van der Waals surface area contributed by atoms with Crippen molar-refractivity contribution in [2.75, 3.05) is 25.1 Å². The lowest BCUT2D eigenvalue weighted by Gasteiger charge is -2.38. The normalized spacial score (nSPS) is 24.0.